The maximum Gasteiger partial charge on any atom is 0.142 e. The van der Waals surface area contributed by atoms with Crippen molar-refractivity contribution >= 4 is 28.3 Å². The zero-order valence-electron chi connectivity index (χ0n) is 17.6. The third kappa shape index (κ3) is 3.48. The van der Waals surface area contributed by atoms with Gasteiger partial charge < -0.3 is 14.8 Å². The van der Waals surface area contributed by atoms with Gasteiger partial charge in [-0.1, -0.05) is 35.9 Å². The summed E-state index contributed by atoms with van der Waals surface area (Å²) >= 11 is 6.62. The Balaban J connectivity index is 1.70. The second kappa shape index (κ2) is 7.98. The summed E-state index contributed by atoms with van der Waals surface area (Å²) in [7, 11) is 1.99. The predicted octanol–water partition coefficient (Wildman–Crippen LogP) is 5.42. The van der Waals surface area contributed by atoms with Crippen LogP contribution in [0.25, 0.3) is 33.4 Å². The van der Waals surface area contributed by atoms with Gasteiger partial charge >= 0.3 is 0 Å². The number of pyridine rings is 1. The first-order valence-corrected chi connectivity index (χ1v) is 10.9. The molecule has 31 heavy (non-hydrogen) atoms. The molecule has 0 saturated carbocycles. The number of aromatic nitrogens is 2. The van der Waals surface area contributed by atoms with Crippen molar-refractivity contribution in [2.24, 2.45) is 7.05 Å². The Hall–Kier alpha value is -2.89. The number of hydrogen-bond acceptors (Lipinski definition) is 3. The Morgan fingerprint density at radius 2 is 1.71 bits per heavy atom. The molecule has 1 fully saturated rings. The fourth-order valence-corrected chi connectivity index (χ4v) is 4.66. The Labute approximate surface area is 186 Å². The Bertz CT molecular complexity index is 1260. The fourth-order valence-electron chi connectivity index (χ4n) is 4.43. The lowest BCUT2D eigenvalue weighted by molar-refractivity contribution is 0.589. The molecule has 5 rings (SSSR count). The van der Waals surface area contributed by atoms with Crippen LogP contribution in [-0.4, -0.2) is 35.7 Å². The van der Waals surface area contributed by atoms with E-state index in [0.29, 0.717) is 10.6 Å². The molecule has 0 atom stereocenters. The van der Waals surface area contributed by atoms with Crippen molar-refractivity contribution in [2.75, 3.05) is 31.1 Å². The van der Waals surface area contributed by atoms with Crippen LogP contribution in [0.1, 0.15) is 5.56 Å². The van der Waals surface area contributed by atoms with Crippen molar-refractivity contribution in [3.8, 4) is 22.4 Å². The molecule has 0 amide bonds. The monoisotopic (exact) mass is 434 g/mol. The van der Waals surface area contributed by atoms with Crippen molar-refractivity contribution in [3.05, 3.63) is 71.1 Å². The summed E-state index contributed by atoms with van der Waals surface area (Å²) in [6, 6.07) is 15.7. The summed E-state index contributed by atoms with van der Waals surface area (Å²) in [4.78, 5) is 6.96. The molecule has 158 valence electrons. The molecule has 4 aromatic rings. The van der Waals surface area contributed by atoms with Gasteiger partial charge in [0.05, 0.1) is 10.7 Å². The number of piperazine rings is 1. The van der Waals surface area contributed by atoms with Crippen LogP contribution < -0.4 is 10.2 Å². The predicted molar refractivity (Wildman–Crippen MR) is 126 cm³/mol. The molecule has 0 spiro atoms. The molecule has 0 aliphatic carbocycles. The lowest BCUT2D eigenvalue weighted by Gasteiger charge is -2.29. The smallest absolute Gasteiger partial charge is 0.142 e. The fraction of sp³-hybridized carbons (Fsp3) is 0.240. The molecule has 6 heteroatoms. The minimum Gasteiger partial charge on any atom is -0.369 e. The number of benzene rings is 2. The second-order valence-electron chi connectivity index (χ2n) is 8.02. The van der Waals surface area contributed by atoms with E-state index in [4.69, 9.17) is 11.6 Å². The highest BCUT2D eigenvalue weighted by Gasteiger charge is 2.22. The lowest BCUT2D eigenvalue weighted by Crippen LogP contribution is -2.43. The molecule has 0 radical (unpaired) electrons. The lowest BCUT2D eigenvalue weighted by atomic mass is 9.97. The average molecular weight is 435 g/mol. The highest BCUT2D eigenvalue weighted by Crippen LogP contribution is 2.43. The van der Waals surface area contributed by atoms with Gasteiger partial charge in [-0.3, -0.25) is 0 Å². The van der Waals surface area contributed by atoms with Crippen molar-refractivity contribution in [3.63, 3.8) is 0 Å². The molecule has 0 unspecified atom stereocenters. The van der Waals surface area contributed by atoms with E-state index >= 15 is 0 Å². The number of halogens is 2. The average Bonchev–Trinajstić information content (AvgIpc) is 3.10. The number of nitrogens with zero attached hydrogens (tertiary/aromatic N) is 3. The Morgan fingerprint density at radius 1 is 1.00 bits per heavy atom. The summed E-state index contributed by atoms with van der Waals surface area (Å²) in [6.45, 7) is 5.77. The van der Waals surface area contributed by atoms with E-state index in [0.717, 1.165) is 59.6 Å². The molecule has 1 aliphatic heterocycles. The summed E-state index contributed by atoms with van der Waals surface area (Å²) in [5.74, 6) is -0.227. The van der Waals surface area contributed by atoms with Crippen molar-refractivity contribution < 1.29 is 4.39 Å². The maximum absolute atomic E-state index is 14.5. The van der Waals surface area contributed by atoms with E-state index in [9.17, 15) is 4.39 Å². The first-order valence-electron chi connectivity index (χ1n) is 10.5. The minimum atomic E-state index is -0.227. The SMILES string of the molecule is Cc1ccc(-c2c(-c3ccc(N4CCNCC4)cc3)n(C)c3nccc(Cl)c23)cc1F. The van der Waals surface area contributed by atoms with Crippen molar-refractivity contribution in [1.82, 2.24) is 14.9 Å². The molecular formula is C25H24ClFN4. The van der Waals surface area contributed by atoms with Gasteiger partial charge in [0.15, 0.2) is 0 Å². The van der Waals surface area contributed by atoms with Crippen LogP contribution >= 0.6 is 11.6 Å². The van der Waals surface area contributed by atoms with Crippen molar-refractivity contribution in [2.45, 2.75) is 6.92 Å². The van der Waals surface area contributed by atoms with Crippen LogP contribution in [0, 0.1) is 12.7 Å². The minimum absolute atomic E-state index is 0.227. The molecule has 1 N–H and O–H groups in total. The largest absolute Gasteiger partial charge is 0.369 e. The topological polar surface area (TPSA) is 33.1 Å². The number of fused-ring (bicyclic) bond motifs is 1. The van der Waals surface area contributed by atoms with Gasteiger partial charge in [-0.15, -0.1) is 0 Å². The van der Waals surface area contributed by atoms with Crippen LogP contribution in [0.3, 0.4) is 0 Å². The molecule has 1 saturated heterocycles. The van der Waals surface area contributed by atoms with E-state index in [-0.39, 0.29) is 5.82 Å². The maximum atomic E-state index is 14.5. The van der Waals surface area contributed by atoms with Crippen LogP contribution in [0.15, 0.2) is 54.7 Å². The summed E-state index contributed by atoms with van der Waals surface area (Å²) < 4.78 is 16.5. The number of hydrogen-bond donors (Lipinski definition) is 1. The first-order chi connectivity index (χ1) is 15.0. The van der Waals surface area contributed by atoms with Crippen LogP contribution in [-0.2, 0) is 7.05 Å². The Kier molecular flexibility index (Phi) is 5.16. The van der Waals surface area contributed by atoms with Gasteiger partial charge in [0.2, 0.25) is 0 Å². The highest BCUT2D eigenvalue weighted by atomic mass is 35.5. The van der Waals surface area contributed by atoms with E-state index in [1.165, 1.54) is 5.69 Å². The molecule has 2 aromatic heterocycles. The molecule has 2 aromatic carbocycles. The van der Waals surface area contributed by atoms with Gasteiger partial charge in [-0.25, -0.2) is 9.37 Å². The highest BCUT2D eigenvalue weighted by molar-refractivity contribution is 6.37. The molecule has 3 heterocycles. The van der Waals surface area contributed by atoms with E-state index in [2.05, 4.69) is 39.5 Å². The molecular weight excluding hydrogens is 411 g/mol. The summed E-state index contributed by atoms with van der Waals surface area (Å²) in [5.41, 5.74) is 6.34. The summed E-state index contributed by atoms with van der Waals surface area (Å²) in [6.07, 6.45) is 1.71. The first kappa shape index (κ1) is 20.0. The number of rotatable bonds is 3. The van der Waals surface area contributed by atoms with Crippen LogP contribution in [0.4, 0.5) is 10.1 Å². The number of aryl methyl sites for hydroxylation is 2. The van der Waals surface area contributed by atoms with Crippen LogP contribution in [0.2, 0.25) is 5.02 Å². The van der Waals surface area contributed by atoms with Gasteiger partial charge in [0.1, 0.15) is 11.5 Å². The number of nitrogens with one attached hydrogen (secondary N) is 1. The third-order valence-electron chi connectivity index (χ3n) is 6.10. The van der Waals surface area contributed by atoms with E-state index < -0.39 is 0 Å². The van der Waals surface area contributed by atoms with Crippen LogP contribution in [0.5, 0.6) is 0 Å². The van der Waals surface area contributed by atoms with Gasteiger partial charge in [-0.05, 0) is 47.9 Å². The molecule has 1 aliphatic rings. The van der Waals surface area contributed by atoms with Gasteiger partial charge in [0, 0.05) is 56.1 Å². The van der Waals surface area contributed by atoms with Crippen molar-refractivity contribution in [1.29, 1.82) is 0 Å². The number of anilines is 1. The van der Waals surface area contributed by atoms with E-state index in [1.54, 1.807) is 25.3 Å². The van der Waals surface area contributed by atoms with Gasteiger partial charge in [0.25, 0.3) is 0 Å². The molecule has 0 bridgehead atoms. The summed E-state index contributed by atoms with van der Waals surface area (Å²) in [5, 5.41) is 4.84. The zero-order chi connectivity index (χ0) is 21.5. The quantitative estimate of drug-likeness (QED) is 0.467. The normalized spacial score (nSPS) is 14.4. The third-order valence-corrected chi connectivity index (χ3v) is 6.42. The standard InChI is InChI=1S/C25H24ClFN4/c1-16-3-4-18(15-21(16)27)22-23-20(26)9-10-29-25(23)30(2)24(22)17-5-7-19(8-6-17)31-13-11-28-12-14-31/h3-10,15,28H,11-14H2,1-2H3. The Morgan fingerprint density at radius 3 is 2.42 bits per heavy atom. The molecule has 4 nitrogen and oxygen atoms in total. The van der Waals surface area contributed by atoms with E-state index in [1.807, 2.05) is 23.7 Å². The second-order valence-corrected chi connectivity index (χ2v) is 8.43. The zero-order valence-corrected chi connectivity index (χ0v) is 18.4. The van der Waals surface area contributed by atoms with Gasteiger partial charge in [-0.2, -0.15) is 0 Å².